The Balaban J connectivity index is 2.20. The third kappa shape index (κ3) is 3.45. The van der Waals surface area contributed by atoms with Crippen LogP contribution in [0.25, 0.3) is 0 Å². The van der Waals surface area contributed by atoms with Crippen LogP contribution >= 0.6 is 0 Å². The number of carbonyl (C=O) groups is 1. The van der Waals surface area contributed by atoms with E-state index >= 15 is 0 Å². The van der Waals surface area contributed by atoms with Crippen LogP contribution in [-0.4, -0.2) is 30.2 Å². The molecule has 1 aliphatic rings. The number of hydrogen-bond acceptors (Lipinski definition) is 3. The van der Waals surface area contributed by atoms with Crippen LogP contribution < -0.4 is 4.74 Å². The topological polar surface area (TPSA) is 38.8 Å². The molecule has 1 aromatic rings. The summed E-state index contributed by atoms with van der Waals surface area (Å²) in [6, 6.07) is 2.82. The van der Waals surface area contributed by atoms with Crippen molar-refractivity contribution < 1.29 is 27.4 Å². The molecule has 0 saturated heterocycles. The van der Waals surface area contributed by atoms with Crippen molar-refractivity contribution in [3.05, 3.63) is 29.3 Å². The van der Waals surface area contributed by atoms with Crippen molar-refractivity contribution in [2.24, 2.45) is 0 Å². The van der Waals surface area contributed by atoms with E-state index in [1.54, 1.807) is 20.8 Å². The number of halogens is 3. The van der Waals surface area contributed by atoms with Crippen molar-refractivity contribution in [1.82, 2.24) is 4.90 Å². The average Bonchev–Trinajstić information content (AvgIpc) is 2.77. The maximum atomic E-state index is 12.7. The minimum Gasteiger partial charge on any atom is -0.491 e. The standard InChI is InChI=1S/C15H18F3NO3/c1-14(2,3)22-13(20)19(4)11-8-21-12-7-9(15(16,17)18)5-6-10(11)12/h5-7,11H,8H2,1-4H3. The molecule has 0 saturated carbocycles. The molecule has 0 aliphatic carbocycles. The minimum atomic E-state index is -4.42. The van der Waals surface area contributed by atoms with E-state index in [1.807, 2.05) is 0 Å². The van der Waals surface area contributed by atoms with Crippen molar-refractivity contribution in [2.45, 2.75) is 38.6 Å². The summed E-state index contributed by atoms with van der Waals surface area (Å²) in [6.45, 7) is 5.33. The molecular weight excluding hydrogens is 299 g/mol. The zero-order valence-electron chi connectivity index (χ0n) is 12.8. The molecule has 1 unspecified atom stereocenters. The lowest BCUT2D eigenvalue weighted by atomic mass is 10.1. The smallest absolute Gasteiger partial charge is 0.416 e. The molecule has 0 radical (unpaired) electrons. The van der Waals surface area contributed by atoms with E-state index in [0.717, 1.165) is 12.1 Å². The van der Waals surface area contributed by atoms with Gasteiger partial charge in [0.2, 0.25) is 0 Å². The highest BCUT2D eigenvalue weighted by molar-refractivity contribution is 5.69. The molecule has 7 heteroatoms. The van der Waals surface area contributed by atoms with Crippen molar-refractivity contribution >= 4 is 6.09 Å². The lowest BCUT2D eigenvalue weighted by molar-refractivity contribution is -0.137. The first-order chi connectivity index (χ1) is 9.99. The zero-order chi connectivity index (χ0) is 16.7. The van der Waals surface area contributed by atoms with Gasteiger partial charge in [-0.15, -0.1) is 0 Å². The Morgan fingerprint density at radius 2 is 1.95 bits per heavy atom. The first kappa shape index (κ1) is 16.5. The number of alkyl halides is 3. The summed E-state index contributed by atoms with van der Waals surface area (Å²) in [5.74, 6) is 0.148. The van der Waals surface area contributed by atoms with Gasteiger partial charge < -0.3 is 14.4 Å². The summed E-state index contributed by atoms with van der Waals surface area (Å²) in [4.78, 5) is 13.4. The minimum absolute atomic E-state index is 0.104. The normalized spacial score (nSPS) is 17.7. The SMILES string of the molecule is CN(C(=O)OC(C)(C)C)C1COc2cc(C(F)(F)F)ccc21. The molecule has 0 fully saturated rings. The highest BCUT2D eigenvalue weighted by Crippen LogP contribution is 2.40. The molecule has 0 N–H and O–H groups in total. The molecule has 0 aromatic heterocycles. The van der Waals surface area contributed by atoms with Gasteiger partial charge in [-0.2, -0.15) is 13.2 Å². The van der Waals surface area contributed by atoms with Gasteiger partial charge >= 0.3 is 12.3 Å². The number of nitrogens with zero attached hydrogens (tertiary/aromatic N) is 1. The second-order valence-electron chi connectivity index (χ2n) is 6.17. The third-order valence-electron chi connectivity index (χ3n) is 3.25. The summed E-state index contributed by atoms with van der Waals surface area (Å²) in [7, 11) is 1.54. The van der Waals surface area contributed by atoms with E-state index in [4.69, 9.17) is 9.47 Å². The van der Waals surface area contributed by atoms with Crippen molar-refractivity contribution in [3.8, 4) is 5.75 Å². The molecule has 4 nitrogen and oxygen atoms in total. The van der Waals surface area contributed by atoms with Crippen LogP contribution in [0.1, 0.15) is 37.9 Å². The Hall–Kier alpha value is -1.92. The number of benzene rings is 1. The Kier molecular flexibility index (Phi) is 4.02. The largest absolute Gasteiger partial charge is 0.491 e. The van der Waals surface area contributed by atoms with Crippen LogP contribution in [0.15, 0.2) is 18.2 Å². The van der Waals surface area contributed by atoms with E-state index in [-0.39, 0.29) is 12.4 Å². The number of rotatable bonds is 1. The lowest BCUT2D eigenvalue weighted by Crippen LogP contribution is -2.37. The van der Waals surface area contributed by atoms with E-state index < -0.39 is 29.5 Å². The number of amides is 1. The number of hydrogen-bond donors (Lipinski definition) is 0. The molecule has 122 valence electrons. The quantitative estimate of drug-likeness (QED) is 0.785. The van der Waals surface area contributed by atoms with E-state index in [1.165, 1.54) is 18.0 Å². The zero-order valence-corrected chi connectivity index (χ0v) is 12.8. The summed E-state index contributed by atoms with van der Waals surface area (Å²) in [6.07, 6.45) is -4.97. The number of ether oxygens (including phenoxy) is 2. The Morgan fingerprint density at radius 3 is 2.50 bits per heavy atom. The van der Waals surface area contributed by atoms with E-state index in [9.17, 15) is 18.0 Å². The lowest BCUT2D eigenvalue weighted by Gasteiger charge is -2.28. The molecule has 22 heavy (non-hydrogen) atoms. The summed E-state index contributed by atoms with van der Waals surface area (Å²) in [5, 5.41) is 0. The summed E-state index contributed by atoms with van der Waals surface area (Å²) in [5.41, 5.74) is -0.874. The van der Waals surface area contributed by atoms with Gasteiger partial charge in [-0.3, -0.25) is 0 Å². The van der Waals surface area contributed by atoms with E-state index in [2.05, 4.69) is 0 Å². The highest BCUT2D eigenvalue weighted by Gasteiger charge is 2.36. The molecular formula is C15H18F3NO3. The second kappa shape index (κ2) is 5.37. The molecule has 1 heterocycles. The van der Waals surface area contributed by atoms with Crippen LogP contribution in [0, 0.1) is 0 Å². The van der Waals surface area contributed by atoms with Gasteiger partial charge in [0.25, 0.3) is 0 Å². The monoisotopic (exact) mass is 317 g/mol. The maximum Gasteiger partial charge on any atom is 0.416 e. The van der Waals surface area contributed by atoms with Gasteiger partial charge in [-0.25, -0.2) is 4.79 Å². The van der Waals surface area contributed by atoms with Crippen LogP contribution in [0.4, 0.5) is 18.0 Å². The summed E-state index contributed by atoms with van der Waals surface area (Å²) < 4.78 is 48.6. The second-order valence-corrected chi connectivity index (χ2v) is 6.17. The highest BCUT2D eigenvalue weighted by atomic mass is 19.4. The molecule has 0 spiro atoms. The number of carbonyl (C=O) groups excluding carboxylic acids is 1. The van der Waals surface area contributed by atoms with Gasteiger partial charge in [0, 0.05) is 12.6 Å². The molecule has 1 amide bonds. The maximum absolute atomic E-state index is 12.7. The fourth-order valence-corrected chi connectivity index (χ4v) is 2.15. The van der Waals surface area contributed by atoms with Gasteiger partial charge in [0.05, 0.1) is 11.6 Å². The Labute approximate surface area is 126 Å². The fraction of sp³-hybridized carbons (Fsp3) is 0.533. The molecule has 2 rings (SSSR count). The Bertz CT molecular complexity index is 578. The first-order valence-electron chi connectivity index (χ1n) is 6.79. The van der Waals surface area contributed by atoms with Crippen LogP contribution in [-0.2, 0) is 10.9 Å². The van der Waals surface area contributed by atoms with Crippen LogP contribution in [0.2, 0.25) is 0 Å². The first-order valence-corrected chi connectivity index (χ1v) is 6.79. The molecule has 1 aliphatic heterocycles. The van der Waals surface area contributed by atoms with Crippen molar-refractivity contribution in [2.75, 3.05) is 13.7 Å². The van der Waals surface area contributed by atoms with Crippen molar-refractivity contribution in [3.63, 3.8) is 0 Å². The van der Waals surface area contributed by atoms with Crippen LogP contribution in [0.5, 0.6) is 5.75 Å². The predicted octanol–water partition coefficient (Wildman–Crippen LogP) is 4.01. The molecule has 0 bridgehead atoms. The molecule has 1 atom stereocenters. The predicted molar refractivity (Wildman–Crippen MR) is 73.7 cm³/mol. The summed E-state index contributed by atoms with van der Waals surface area (Å²) >= 11 is 0. The van der Waals surface area contributed by atoms with Crippen molar-refractivity contribution in [1.29, 1.82) is 0 Å². The van der Waals surface area contributed by atoms with Gasteiger partial charge in [0.1, 0.15) is 18.0 Å². The Morgan fingerprint density at radius 1 is 1.32 bits per heavy atom. The van der Waals surface area contributed by atoms with Crippen LogP contribution in [0.3, 0.4) is 0 Å². The van der Waals surface area contributed by atoms with Gasteiger partial charge in [0.15, 0.2) is 0 Å². The van der Waals surface area contributed by atoms with E-state index in [0.29, 0.717) is 5.56 Å². The van der Waals surface area contributed by atoms with Gasteiger partial charge in [-0.05, 0) is 32.9 Å². The number of likely N-dealkylation sites (N-methyl/N-ethyl adjacent to an activating group) is 1. The third-order valence-corrected chi connectivity index (χ3v) is 3.25. The fourth-order valence-electron chi connectivity index (χ4n) is 2.15. The average molecular weight is 317 g/mol. The number of fused-ring (bicyclic) bond motifs is 1. The molecule has 1 aromatic carbocycles. The van der Waals surface area contributed by atoms with Gasteiger partial charge in [-0.1, -0.05) is 6.07 Å².